The largest absolute Gasteiger partial charge is 0.394 e. The van der Waals surface area contributed by atoms with Crippen LogP contribution in [0.3, 0.4) is 0 Å². The van der Waals surface area contributed by atoms with Crippen LogP contribution in [0.25, 0.3) is 0 Å². The second kappa shape index (κ2) is 4.80. The first-order chi connectivity index (χ1) is 8.47. The number of morpholine rings is 1. The molecule has 18 heavy (non-hydrogen) atoms. The normalized spacial score (nSPS) is 19.2. The maximum absolute atomic E-state index is 6.28. The smallest absolute Gasteiger partial charge is 0.151 e. The Morgan fingerprint density at radius 3 is 2.78 bits per heavy atom. The predicted molar refractivity (Wildman–Crippen MR) is 73.9 cm³/mol. The van der Waals surface area contributed by atoms with Gasteiger partial charge in [0.15, 0.2) is 5.82 Å². The molecule has 1 saturated heterocycles. The second-order valence-electron chi connectivity index (χ2n) is 5.57. The van der Waals surface area contributed by atoms with Crippen molar-refractivity contribution in [1.29, 1.82) is 0 Å². The number of nitrogens with zero attached hydrogens (tertiary/aromatic N) is 3. The van der Waals surface area contributed by atoms with Crippen molar-refractivity contribution >= 4 is 11.5 Å². The van der Waals surface area contributed by atoms with Gasteiger partial charge in [-0.2, -0.15) is 5.10 Å². The van der Waals surface area contributed by atoms with Crippen LogP contribution in [0.1, 0.15) is 32.9 Å². The number of hydrogen-bond donors (Lipinski definition) is 1. The minimum Gasteiger partial charge on any atom is -0.394 e. The maximum atomic E-state index is 6.28. The van der Waals surface area contributed by atoms with Crippen LogP contribution in [-0.2, 0) is 18.2 Å². The fourth-order valence-electron chi connectivity index (χ4n) is 2.58. The minimum atomic E-state index is -0.0380. The molecule has 2 rings (SSSR count). The van der Waals surface area contributed by atoms with Gasteiger partial charge in [0.25, 0.3) is 0 Å². The summed E-state index contributed by atoms with van der Waals surface area (Å²) in [6, 6.07) is 0. The first-order valence-corrected chi connectivity index (χ1v) is 6.64. The Hall–Kier alpha value is -1.23. The molecule has 0 amide bonds. The first-order valence-electron chi connectivity index (χ1n) is 6.64. The third kappa shape index (κ3) is 2.19. The van der Waals surface area contributed by atoms with Crippen molar-refractivity contribution in [2.45, 2.75) is 39.2 Å². The number of anilines is 2. The molecule has 0 spiro atoms. The van der Waals surface area contributed by atoms with Gasteiger partial charge in [-0.3, -0.25) is 4.68 Å². The highest BCUT2D eigenvalue weighted by Gasteiger charge is 2.34. The van der Waals surface area contributed by atoms with E-state index >= 15 is 0 Å². The van der Waals surface area contributed by atoms with E-state index in [0.717, 1.165) is 49.8 Å². The van der Waals surface area contributed by atoms with Crippen molar-refractivity contribution < 1.29 is 4.74 Å². The lowest BCUT2D eigenvalue weighted by molar-refractivity contribution is 0.0635. The van der Waals surface area contributed by atoms with Gasteiger partial charge in [-0.25, -0.2) is 0 Å². The van der Waals surface area contributed by atoms with Crippen molar-refractivity contribution in [3.05, 3.63) is 5.69 Å². The lowest BCUT2D eigenvalue weighted by Gasteiger charge is -2.43. The molecule has 0 atom stereocenters. The molecule has 102 valence electrons. The highest BCUT2D eigenvalue weighted by atomic mass is 16.5. The van der Waals surface area contributed by atoms with Crippen molar-refractivity contribution in [2.24, 2.45) is 7.05 Å². The van der Waals surface area contributed by atoms with Crippen LogP contribution < -0.4 is 10.6 Å². The number of nitrogens with two attached hydrogens (primary N) is 1. The molecule has 0 bridgehead atoms. The van der Waals surface area contributed by atoms with E-state index in [1.54, 1.807) is 0 Å². The SMILES string of the molecule is CCCc1nn(C)c(N2CCOCC2(C)C)c1N. The first kappa shape index (κ1) is 13.2. The summed E-state index contributed by atoms with van der Waals surface area (Å²) >= 11 is 0. The maximum Gasteiger partial charge on any atom is 0.151 e. The molecule has 0 aromatic carbocycles. The Labute approximate surface area is 109 Å². The summed E-state index contributed by atoms with van der Waals surface area (Å²) in [5, 5.41) is 4.55. The van der Waals surface area contributed by atoms with Crippen LogP contribution >= 0.6 is 0 Å². The lowest BCUT2D eigenvalue weighted by atomic mass is 10.0. The van der Waals surface area contributed by atoms with Gasteiger partial charge in [-0.15, -0.1) is 0 Å². The number of nitrogen functional groups attached to an aromatic ring is 1. The summed E-state index contributed by atoms with van der Waals surface area (Å²) in [7, 11) is 1.97. The average Bonchev–Trinajstić information content (AvgIpc) is 2.56. The summed E-state index contributed by atoms with van der Waals surface area (Å²) in [5.74, 6) is 1.03. The molecule has 5 nitrogen and oxygen atoms in total. The number of hydrogen-bond acceptors (Lipinski definition) is 4. The highest BCUT2D eigenvalue weighted by Crippen LogP contribution is 2.33. The summed E-state index contributed by atoms with van der Waals surface area (Å²) < 4.78 is 7.47. The van der Waals surface area contributed by atoms with Gasteiger partial charge in [0.2, 0.25) is 0 Å². The standard InChI is InChI=1S/C13H24N4O/c1-5-6-10-11(14)12(16(4)15-10)17-7-8-18-9-13(17,2)3/h5-9,14H2,1-4H3. The molecule has 1 fully saturated rings. The number of aromatic nitrogens is 2. The van der Waals surface area contributed by atoms with Crippen LogP contribution in [0, 0.1) is 0 Å². The second-order valence-corrected chi connectivity index (χ2v) is 5.57. The molecule has 1 aliphatic heterocycles. The lowest BCUT2D eigenvalue weighted by Crippen LogP contribution is -2.54. The Balaban J connectivity index is 2.37. The van der Waals surface area contributed by atoms with Crippen LogP contribution in [0.15, 0.2) is 0 Å². The zero-order valence-corrected chi connectivity index (χ0v) is 11.9. The summed E-state index contributed by atoms with van der Waals surface area (Å²) in [4.78, 5) is 2.32. The van der Waals surface area contributed by atoms with E-state index in [4.69, 9.17) is 10.5 Å². The van der Waals surface area contributed by atoms with Gasteiger partial charge < -0.3 is 15.4 Å². The van der Waals surface area contributed by atoms with Crippen molar-refractivity contribution in [3.8, 4) is 0 Å². The van der Waals surface area contributed by atoms with E-state index in [0.29, 0.717) is 0 Å². The number of aryl methyl sites for hydroxylation is 2. The molecule has 0 saturated carbocycles. The topological polar surface area (TPSA) is 56.3 Å². The van der Waals surface area contributed by atoms with Gasteiger partial charge in [0.05, 0.1) is 30.1 Å². The van der Waals surface area contributed by atoms with Crippen LogP contribution in [-0.4, -0.2) is 35.1 Å². The fraction of sp³-hybridized carbons (Fsp3) is 0.769. The van der Waals surface area contributed by atoms with Gasteiger partial charge in [0, 0.05) is 13.6 Å². The van der Waals surface area contributed by atoms with E-state index in [1.165, 1.54) is 0 Å². The fourth-order valence-corrected chi connectivity index (χ4v) is 2.58. The quantitative estimate of drug-likeness (QED) is 0.887. The molecule has 0 aliphatic carbocycles. The zero-order valence-electron chi connectivity index (χ0n) is 11.9. The Morgan fingerprint density at radius 2 is 2.17 bits per heavy atom. The Kier molecular flexibility index (Phi) is 3.52. The van der Waals surface area contributed by atoms with E-state index in [-0.39, 0.29) is 5.54 Å². The van der Waals surface area contributed by atoms with Crippen molar-refractivity contribution in [1.82, 2.24) is 9.78 Å². The molecule has 1 aliphatic rings. The molecule has 0 radical (unpaired) electrons. The molecular formula is C13H24N4O. The minimum absolute atomic E-state index is 0.0380. The summed E-state index contributed by atoms with van der Waals surface area (Å²) in [5.41, 5.74) is 8.08. The monoisotopic (exact) mass is 252 g/mol. The van der Waals surface area contributed by atoms with Gasteiger partial charge in [-0.1, -0.05) is 13.3 Å². The van der Waals surface area contributed by atoms with Gasteiger partial charge in [-0.05, 0) is 20.3 Å². The number of rotatable bonds is 3. The van der Waals surface area contributed by atoms with Crippen LogP contribution in [0.4, 0.5) is 11.5 Å². The Morgan fingerprint density at radius 1 is 1.44 bits per heavy atom. The van der Waals surface area contributed by atoms with Crippen LogP contribution in [0.5, 0.6) is 0 Å². The van der Waals surface area contributed by atoms with Crippen LogP contribution in [0.2, 0.25) is 0 Å². The molecule has 0 unspecified atom stereocenters. The van der Waals surface area contributed by atoms with E-state index in [9.17, 15) is 0 Å². The number of ether oxygens (including phenoxy) is 1. The molecule has 1 aromatic heterocycles. The average molecular weight is 252 g/mol. The van der Waals surface area contributed by atoms with E-state index in [1.807, 2.05) is 11.7 Å². The van der Waals surface area contributed by atoms with E-state index < -0.39 is 0 Å². The predicted octanol–water partition coefficient (Wildman–Crippen LogP) is 1.57. The molecule has 2 N–H and O–H groups in total. The van der Waals surface area contributed by atoms with Crippen molar-refractivity contribution in [3.63, 3.8) is 0 Å². The Bertz CT molecular complexity index is 425. The molecular weight excluding hydrogens is 228 g/mol. The molecule has 5 heteroatoms. The van der Waals surface area contributed by atoms with Gasteiger partial charge >= 0.3 is 0 Å². The zero-order chi connectivity index (χ0) is 13.3. The third-order valence-electron chi connectivity index (χ3n) is 3.52. The summed E-state index contributed by atoms with van der Waals surface area (Å²) in [6.07, 6.45) is 2.00. The van der Waals surface area contributed by atoms with Gasteiger partial charge in [0.1, 0.15) is 0 Å². The molecule has 1 aromatic rings. The third-order valence-corrected chi connectivity index (χ3v) is 3.52. The highest BCUT2D eigenvalue weighted by molar-refractivity contribution is 5.67. The molecule has 2 heterocycles. The van der Waals surface area contributed by atoms with Crippen molar-refractivity contribution in [2.75, 3.05) is 30.4 Å². The van der Waals surface area contributed by atoms with E-state index in [2.05, 4.69) is 30.8 Å². The summed E-state index contributed by atoms with van der Waals surface area (Å²) in [6.45, 7) is 8.84.